The van der Waals surface area contributed by atoms with Gasteiger partial charge in [-0.1, -0.05) is 18.2 Å². The third kappa shape index (κ3) is 3.72. The lowest BCUT2D eigenvalue weighted by Crippen LogP contribution is -2.38. The molecule has 1 aliphatic rings. The van der Waals surface area contributed by atoms with Crippen LogP contribution in [-0.4, -0.2) is 57.2 Å². The van der Waals surface area contributed by atoms with Crippen LogP contribution in [0.3, 0.4) is 0 Å². The second kappa shape index (κ2) is 8.14. The van der Waals surface area contributed by atoms with Crippen LogP contribution in [0, 0.1) is 13.8 Å². The van der Waals surface area contributed by atoms with Crippen molar-refractivity contribution in [2.75, 3.05) is 25.0 Å². The van der Waals surface area contributed by atoms with Crippen molar-refractivity contribution in [3.63, 3.8) is 0 Å². The summed E-state index contributed by atoms with van der Waals surface area (Å²) in [5.74, 6) is 0.126. The first kappa shape index (κ1) is 19.9. The third-order valence-corrected chi connectivity index (χ3v) is 5.83. The number of piperidine rings is 1. The van der Waals surface area contributed by atoms with Crippen molar-refractivity contribution in [1.82, 2.24) is 25.3 Å². The topological polar surface area (TPSA) is 98.0 Å². The number of aryl methyl sites for hydroxylation is 2. The van der Waals surface area contributed by atoms with Gasteiger partial charge in [0.2, 0.25) is 0 Å². The highest BCUT2D eigenvalue weighted by molar-refractivity contribution is 6.04. The standard InChI is InChI=1S/C22H26N6O2/c1-14-20(15(2)24-23-14)22(30)28-11-9-16(10-12-28)18-13-19(26-25-18)21(29)27(3)17-7-5-4-6-8-17/h4-8,13,16H,9-12H2,1-3H3,(H,23,24)(H,25,26). The van der Waals surface area contributed by atoms with Crippen molar-refractivity contribution in [3.8, 4) is 0 Å². The number of benzene rings is 1. The molecule has 1 aliphatic heterocycles. The van der Waals surface area contributed by atoms with Crippen molar-refractivity contribution in [1.29, 1.82) is 0 Å². The van der Waals surface area contributed by atoms with E-state index in [0.717, 1.165) is 35.6 Å². The van der Waals surface area contributed by atoms with E-state index in [2.05, 4.69) is 20.4 Å². The number of rotatable bonds is 4. The zero-order chi connectivity index (χ0) is 21.3. The average Bonchev–Trinajstić information content (AvgIpc) is 3.40. The van der Waals surface area contributed by atoms with E-state index in [1.807, 2.05) is 55.1 Å². The summed E-state index contributed by atoms with van der Waals surface area (Å²) in [6.45, 7) is 5.05. The average molecular weight is 406 g/mol. The minimum absolute atomic E-state index is 0.0298. The first-order valence-corrected chi connectivity index (χ1v) is 10.1. The summed E-state index contributed by atoms with van der Waals surface area (Å²) in [4.78, 5) is 29.1. The van der Waals surface area contributed by atoms with Crippen LogP contribution in [0.25, 0.3) is 0 Å². The largest absolute Gasteiger partial charge is 0.338 e. The number of aromatic amines is 2. The number of hydrogen-bond donors (Lipinski definition) is 2. The van der Waals surface area contributed by atoms with Crippen molar-refractivity contribution < 1.29 is 9.59 Å². The number of aromatic nitrogens is 4. The SMILES string of the molecule is Cc1n[nH]c(C)c1C(=O)N1CCC(c2cc(C(=O)N(C)c3ccccc3)n[nH]2)CC1. The van der Waals surface area contributed by atoms with Crippen LogP contribution in [0.4, 0.5) is 5.69 Å². The number of hydrogen-bond acceptors (Lipinski definition) is 4. The van der Waals surface area contributed by atoms with Gasteiger partial charge in [-0.3, -0.25) is 19.8 Å². The molecule has 1 saturated heterocycles. The van der Waals surface area contributed by atoms with E-state index in [1.54, 1.807) is 11.9 Å². The Morgan fingerprint density at radius 3 is 2.40 bits per heavy atom. The number of nitrogens with one attached hydrogen (secondary N) is 2. The van der Waals surface area contributed by atoms with Gasteiger partial charge < -0.3 is 9.80 Å². The highest BCUT2D eigenvalue weighted by atomic mass is 16.2. The lowest BCUT2D eigenvalue weighted by Gasteiger charge is -2.31. The molecule has 3 aromatic rings. The molecule has 0 radical (unpaired) electrons. The van der Waals surface area contributed by atoms with Gasteiger partial charge in [0, 0.05) is 43.1 Å². The molecule has 8 heteroatoms. The third-order valence-electron chi connectivity index (χ3n) is 5.83. The van der Waals surface area contributed by atoms with Crippen LogP contribution in [-0.2, 0) is 0 Å². The molecule has 0 atom stereocenters. The number of amides is 2. The monoisotopic (exact) mass is 406 g/mol. The van der Waals surface area contributed by atoms with E-state index in [1.165, 1.54) is 0 Å². The minimum atomic E-state index is -0.151. The summed E-state index contributed by atoms with van der Waals surface area (Å²) in [6.07, 6.45) is 1.65. The molecule has 0 aliphatic carbocycles. The van der Waals surface area contributed by atoms with Crippen LogP contribution in [0.5, 0.6) is 0 Å². The molecular formula is C22H26N6O2. The van der Waals surface area contributed by atoms with E-state index in [0.29, 0.717) is 24.3 Å². The van der Waals surface area contributed by atoms with Gasteiger partial charge in [0.1, 0.15) is 0 Å². The van der Waals surface area contributed by atoms with E-state index < -0.39 is 0 Å². The second-order valence-electron chi connectivity index (χ2n) is 7.78. The van der Waals surface area contributed by atoms with Gasteiger partial charge in [-0.2, -0.15) is 10.2 Å². The summed E-state index contributed by atoms with van der Waals surface area (Å²) in [5, 5.41) is 14.3. The molecule has 0 unspecified atom stereocenters. The van der Waals surface area contributed by atoms with Crippen molar-refractivity contribution in [2.24, 2.45) is 0 Å². The number of carbonyl (C=O) groups excluding carboxylic acids is 2. The Hall–Kier alpha value is -3.42. The van der Waals surface area contributed by atoms with Gasteiger partial charge in [0.15, 0.2) is 5.69 Å². The lowest BCUT2D eigenvalue weighted by molar-refractivity contribution is 0.0710. The summed E-state index contributed by atoms with van der Waals surface area (Å²) >= 11 is 0. The minimum Gasteiger partial charge on any atom is -0.338 e. The van der Waals surface area contributed by atoms with Gasteiger partial charge in [0.05, 0.1) is 11.3 Å². The van der Waals surface area contributed by atoms with Crippen LogP contribution in [0.15, 0.2) is 36.4 Å². The molecule has 30 heavy (non-hydrogen) atoms. The van der Waals surface area contributed by atoms with Crippen LogP contribution in [0.2, 0.25) is 0 Å². The zero-order valence-electron chi connectivity index (χ0n) is 17.5. The molecule has 3 heterocycles. The summed E-state index contributed by atoms with van der Waals surface area (Å²) in [5.41, 5.74) is 4.38. The Labute approximate surface area is 175 Å². The van der Waals surface area contributed by atoms with E-state index >= 15 is 0 Å². The van der Waals surface area contributed by atoms with Crippen molar-refractivity contribution in [2.45, 2.75) is 32.6 Å². The van der Waals surface area contributed by atoms with Crippen LogP contribution in [0.1, 0.15) is 56.7 Å². The maximum Gasteiger partial charge on any atom is 0.278 e. The first-order valence-electron chi connectivity index (χ1n) is 10.1. The van der Waals surface area contributed by atoms with Crippen LogP contribution >= 0.6 is 0 Å². The second-order valence-corrected chi connectivity index (χ2v) is 7.78. The number of carbonyl (C=O) groups is 2. The lowest BCUT2D eigenvalue weighted by atomic mass is 9.93. The molecule has 156 valence electrons. The molecule has 1 aromatic carbocycles. The van der Waals surface area contributed by atoms with Gasteiger partial charge in [0.25, 0.3) is 11.8 Å². The quantitative estimate of drug-likeness (QED) is 0.696. The Morgan fingerprint density at radius 1 is 1.07 bits per heavy atom. The van der Waals surface area contributed by atoms with Gasteiger partial charge in [-0.25, -0.2) is 0 Å². The smallest absolute Gasteiger partial charge is 0.278 e. The van der Waals surface area contributed by atoms with Crippen molar-refractivity contribution >= 4 is 17.5 Å². The summed E-state index contributed by atoms with van der Waals surface area (Å²) in [6, 6.07) is 11.3. The number of anilines is 1. The molecule has 1 fully saturated rings. The predicted molar refractivity (Wildman–Crippen MR) is 114 cm³/mol. The molecular weight excluding hydrogens is 380 g/mol. The summed E-state index contributed by atoms with van der Waals surface area (Å²) in [7, 11) is 1.75. The summed E-state index contributed by atoms with van der Waals surface area (Å²) < 4.78 is 0. The number of H-pyrrole nitrogens is 2. The predicted octanol–water partition coefficient (Wildman–Crippen LogP) is 3.05. The normalized spacial score (nSPS) is 14.7. The van der Waals surface area contributed by atoms with Gasteiger partial charge >= 0.3 is 0 Å². The fourth-order valence-corrected chi connectivity index (χ4v) is 4.01. The highest BCUT2D eigenvalue weighted by Crippen LogP contribution is 2.29. The molecule has 0 spiro atoms. The molecule has 2 N–H and O–H groups in total. The van der Waals surface area contributed by atoms with Gasteiger partial charge in [-0.15, -0.1) is 0 Å². The van der Waals surface area contributed by atoms with Crippen LogP contribution < -0.4 is 4.90 Å². The van der Waals surface area contributed by atoms with E-state index in [9.17, 15) is 9.59 Å². The maximum atomic E-state index is 12.8. The molecule has 4 rings (SSSR count). The van der Waals surface area contributed by atoms with Gasteiger partial charge in [-0.05, 0) is 44.9 Å². The molecule has 2 aromatic heterocycles. The Morgan fingerprint density at radius 2 is 1.77 bits per heavy atom. The first-order chi connectivity index (χ1) is 14.5. The Bertz CT molecular complexity index is 1030. The number of likely N-dealkylation sites (tertiary alicyclic amines) is 1. The molecule has 2 amide bonds. The maximum absolute atomic E-state index is 12.8. The zero-order valence-corrected chi connectivity index (χ0v) is 17.5. The Kier molecular flexibility index (Phi) is 5.39. The molecule has 0 saturated carbocycles. The highest BCUT2D eigenvalue weighted by Gasteiger charge is 2.28. The fraction of sp³-hybridized carbons (Fsp3) is 0.364. The molecule has 0 bridgehead atoms. The van der Waals surface area contributed by atoms with E-state index in [4.69, 9.17) is 0 Å². The van der Waals surface area contributed by atoms with Crippen molar-refractivity contribution in [3.05, 3.63) is 64.7 Å². The number of para-hydroxylation sites is 1. The number of nitrogens with zero attached hydrogens (tertiary/aromatic N) is 4. The molecule has 8 nitrogen and oxygen atoms in total. The Balaban J connectivity index is 1.40. The van der Waals surface area contributed by atoms with E-state index in [-0.39, 0.29) is 17.7 Å². The fourth-order valence-electron chi connectivity index (χ4n) is 4.01.